The molecule has 14 heavy (non-hydrogen) atoms. The smallest absolute Gasteiger partial charge is 0.744 e. The number of nitrogens with two attached hydrogens (primary N) is 1. The molecule has 0 atom stereocenters. The molecule has 0 saturated heterocycles. The molecule has 1 aromatic rings. The van der Waals surface area contributed by atoms with Crippen LogP contribution in [0.1, 0.15) is 0 Å². The molecular weight excluding hydrogens is 276 g/mol. The fourth-order valence-corrected chi connectivity index (χ4v) is 2.48. The molecule has 72 valence electrons. The summed E-state index contributed by atoms with van der Waals surface area (Å²) < 4.78 is 31.9. The van der Waals surface area contributed by atoms with Crippen molar-refractivity contribution in [1.82, 2.24) is 0 Å². The zero-order chi connectivity index (χ0) is 10.2. The summed E-state index contributed by atoms with van der Waals surface area (Å²) in [4.78, 5) is -0.634. The van der Waals surface area contributed by atoms with E-state index in [1.165, 1.54) is 0 Å². The number of hydrogen-bond donors (Lipinski definition) is 1. The van der Waals surface area contributed by atoms with E-state index < -0.39 is 15.0 Å². The summed E-state index contributed by atoms with van der Waals surface area (Å²) in [5.74, 6) is 0. The molecule has 4 nitrogen and oxygen atoms in total. The van der Waals surface area contributed by atoms with Crippen LogP contribution in [-0.2, 0) is 10.1 Å². The Balaban J connectivity index is 0.00000169. The van der Waals surface area contributed by atoms with E-state index in [1.54, 1.807) is 0 Å². The van der Waals surface area contributed by atoms with E-state index in [0.717, 1.165) is 12.1 Å². The van der Waals surface area contributed by atoms with Gasteiger partial charge in [0, 0.05) is 5.69 Å². The number of hydrogen-bond acceptors (Lipinski definition) is 4. The Morgan fingerprint density at radius 3 is 1.86 bits per heavy atom. The van der Waals surface area contributed by atoms with Crippen LogP contribution in [0, 0.1) is 0 Å². The Bertz CT molecular complexity index is 425. The number of benzene rings is 1. The molecule has 1 rings (SSSR count). The second kappa shape index (κ2) is 5.47. The third-order valence-corrected chi connectivity index (χ3v) is 3.03. The molecule has 0 spiro atoms. The molecule has 0 aliphatic carbocycles. The first-order valence-corrected chi connectivity index (χ1v) is 5.19. The fraction of sp³-hybridized carbons (Fsp3) is 0. The summed E-state index contributed by atoms with van der Waals surface area (Å²) in [6, 6.07) is 2.30. The standard InChI is InChI=1S/C6H5Cl2NO3S.K/c7-4-1-3(9)2-5(8)6(4)13(10,11)12;/h1-2H,9H2,(H,10,11,12);/q;+1/p-1. The molecular formula is C6H4Cl2KNO3S. The van der Waals surface area contributed by atoms with Crippen LogP contribution in [0.5, 0.6) is 0 Å². The van der Waals surface area contributed by atoms with E-state index in [1.807, 2.05) is 0 Å². The van der Waals surface area contributed by atoms with Crippen molar-refractivity contribution in [2.24, 2.45) is 0 Å². The van der Waals surface area contributed by atoms with Crippen molar-refractivity contribution in [2.75, 3.05) is 5.73 Å². The molecule has 1 aromatic carbocycles. The van der Waals surface area contributed by atoms with E-state index in [9.17, 15) is 13.0 Å². The summed E-state index contributed by atoms with van der Waals surface area (Å²) >= 11 is 11.0. The first kappa shape index (κ1) is 15.1. The average Bonchev–Trinajstić information content (AvgIpc) is 1.78. The molecule has 0 fully saturated rings. The zero-order valence-corrected chi connectivity index (χ0v) is 12.6. The van der Waals surface area contributed by atoms with Crippen molar-refractivity contribution in [1.29, 1.82) is 0 Å². The van der Waals surface area contributed by atoms with Crippen LogP contribution in [0.15, 0.2) is 17.0 Å². The summed E-state index contributed by atoms with van der Waals surface area (Å²) in [5.41, 5.74) is 5.50. The minimum Gasteiger partial charge on any atom is -0.744 e. The topological polar surface area (TPSA) is 83.2 Å². The Hall–Kier alpha value is 1.15. The number of nitrogen functional groups attached to an aromatic ring is 1. The van der Waals surface area contributed by atoms with Gasteiger partial charge in [0.05, 0.1) is 14.9 Å². The molecule has 0 unspecified atom stereocenters. The average molecular weight is 280 g/mol. The normalized spacial score (nSPS) is 10.8. The molecule has 0 bridgehead atoms. The van der Waals surface area contributed by atoms with E-state index in [4.69, 9.17) is 28.9 Å². The van der Waals surface area contributed by atoms with E-state index in [0.29, 0.717) is 0 Å². The van der Waals surface area contributed by atoms with Crippen LogP contribution < -0.4 is 57.1 Å². The quantitative estimate of drug-likeness (QED) is 0.385. The molecule has 0 aliphatic heterocycles. The molecule has 0 heterocycles. The third-order valence-electron chi connectivity index (χ3n) is 1.27. The summed E-state index contributed by atoms with van der Waals surface area (Å²) in [6.45, 7) is 0. The van der Waals surface area contributed by atoms with Crippen molar-refractivity contribution >= 4 is 39.0 Å². The second-order valence-electron chi connectivity index (χ2n) is 2.27. The van der Waals surface area contributed by atoms with Gasteiger partial charge in [-0.15, -0.1) is 0 Å². The fourth-order valence-electron chi connectivity index (χ4n) is 0.818. The van der Waals surface area contributed by atoms with Gasteiger partial charge in [0.15, 0.2) is 0 Å². The van der Waals surface area contributed by atoms with Gasteiger partial charge < -0.3 is 10.3 Å². The molecule has 0 aromatic heterocycles. The Labute approximate surface area is 134 Å². The Morgan fingerprint density at radius 2 is 1.57 bits per heavy atom. The van der Waals surface area contributed by atoms with Crippen LogP contribution in [0.25, 0.3) is 0 Å². The predicted octanol–water partition coefficient (Wildman–Crippen LogP) is -1.52. The molecule has 0 radical (unpaired) electrons. The number of anilines is 1. The van der Waals surface area contributed by atoms with Crippen LogP contribution >= 0.6 is 23.2 Å². The van der Waals surface area contributed by atoms with Gasteiger partial charge >= 0.3 is 51.4 Å². The predicted molar refractivity (Wildman–Crippen MR) is 48.8 cm³/mol. The van der Waals surface area contributed by atoms with Crippen molar-refractivity contribution in [3.8, 4) is 0 Å². The molecule has 0 amide bonds. The monoisotopic (exact) mass is 279 g/mol. The van der Waals surface area contributed by atoms with Gasteiger partial charge in [-0.25, -0.2) is 8.42 Å². The van der Waals surface area contributed by atoms with Crippen molar-refractivity contribution in [2.45, 2.75) is 4.90 Å². The minimum absolute atomic E-state index is 0. The summed E-state index contributed by atoms with van der Waals surface area (Å²) in [6.07, 6.45) is 0. The molecule has 2 N–H and O–H groups in total. The van der Waals surface area contributed by atoms with E-state index in [2.05, 4.69) is 0 Å². The number of halogens is 2. The first-order valence-electron chi connectivity index (χ1n) is 3.03. The van der Waals surface area contributed by atoms with Crippen molar-refractivity contribution in [3.63, 3.8) is 0 Å². The molecule has 8 heteroatoms. The minimum atomic E-state index is -4.65. The SMILES string of the molecule is Nc1cc(Cl)c(S(=O)(=O)[O-])c(Cl)c1.[K+]. The van der Waals surface area contributed by atoms with Gasteiger partial charge in [-0.1, -0.05) is 23.2 Å². The summed E-state index contributed by atoms with van der Waals surface area (Å²) in [5, 5.41) is -0.528. The van der Waals surface area contributed by atoms with Gasteiger partial charge in [-0.3, -0.25) is 0 Å². The van der Waals surface area contributed by atoms with Crippen LogP contribution in [-0.4, -0.2) is 13.0 Å². The zero-order valence-electron chi connectivity index (χ0n) is 7.12. The van der Waals surface area contributed by atoms with Gasteiger partial charge in [0.2, 0.25) is 0 Å². The second-order valence-corrected chi connectivity index (χ2v) is 4.40. The maximum Gasteiger partial charge on any atom is 1.00 e. The van der Waals surface area contributed by atoms with E-state index in [-0.39, 0.29) is 67.1 Å². The van der Waals surface area contributed by atoms with Gasteiger partial charge in [-0.05, 0) is 12.1 Å². The Kier molecular flexibility index (Phi) is 5.92. The van der Waals surface area contributed by atoms with Crippen LogP contribution in [0.2, 0.25) is 10.0 Å². The first-order chi connectivity index (χ1) is 5.82. The maximum atomic E-state index is 10.6. The van der Waals surface area contributed by atoms with Gasteiger partial charge in [0.25, 0.3) is 0 Å². The number of rotatable bonds is 1. The summed E-state index contributed by atoms with van der Waals surface area (Å²) in [7, 11) is -4.65. The van der Waals surface area contributed by atoms with Gasteiger partial charge in [0.1, 0.15) is 10.1 Å². The van der Waals surface area contributed by atoms with Crippen LogP contribution in [0.4, 0.5) is 5.69 Å². The molecule has 0 aliphatic rings. The largest absolute Gasteiger partial charge is 1.00 e. The van der Waals surface area contributed by atoms with Crippen molar-refractivity contribution in [3.05, 3.63) is 22.2 Å². The Morgan fingerprint density at radius 1 is 1.21 bits per heavy atom. The third kappa shape index (κ3) is 3.62. The van der Waals surface area contributed by atoms with E-state index >= 15 is 0 Å². The maximum absolute atomic E-state index is 10.6. The molecule has 0 saturated carbocycles. The van der Waals surface area contributed by atoms with Crippen molar-refractivity contribution < 1.29 is 64.4 Å². The van der Waals surface area contributed by atoms with Crippen LogP contribution in [0.3, 0.4) is 0 Å². The van der Waals surface area contributed by atoms with Gasteiger partial charge in [-0.2, -0.15) is 0 Å².